The van der Waals surface area contributed by atoms with Crippen molar-refractivity contribution in [2.75, 3.05) is 0 Å². The van der Waals surface area contributed by atoms with E-state index in [9.17, 15) is 8.42 Å². The molecule has 0 fully saturated rings. The summed E-state index contributed by atoms with van der Waals surface area (Å²) in [6.45, 7) is 2.22. The number of benzene rings is 1. The molecule has 20 heavy (non-hydrogen) atoms. The first-order chi connectivity index (χ1) is 9.04. The zero-order valence-corrected chi connectivity index (χ0v) is 15.4. The van der Waals surface area contributed by atoms with Crippen molar-refractivity contribution in [3.05, 3.63) is 29.8 Å². The first kappa shape index (κ1) is 20.4. The SMILES string of the molecule is CCCCCCCCCc1ccc(S(=O)(=O)O)cc1.[Ca+2].[H-].[H-]. The third-order valence-electron chi connectivity index (χ3n) is 3.29. The molecule has 0 aliphatic rings. The Balaban J connectivity index is -0.00000120. The van der Waals surface area contributed by atoms with E-state index >= 15 is 0 Å². The van der Waals surface area contributed by atoms with Crippen LogP contribution in [-0.2, 0) is 16.5 Å². The Morgan fingerprint density at radius 3 is 1.95 bits per heavy atom. The van der Waals surface area contributed by atoms with Crippen LogP contribution in [-0.4, -0.2) is 50.7 Å². The fraction of sp³-hybridized carbons (Fsp3) is 0.600. The molecule has 0 saturated heterocycles. The Morgan fingerprint density at radius 2 is 1.45 bits per heavy atom. The standard InChI is InChI=1S/C15H24O3S.Ca.2H/c1-2-3-4-5-6-7-8-9-14-10-12-15(13-11-14)19(16,17)18;;;/h10-13H,2-9H2,1H3,(H,16,17,18);;;/q;+2;2*-1. The van der Waals surface area contributed by atoms with E-state index in [2.05, 4.69) is 6.92 Å². The first-order valence-corrected chi connectivity index (χ1v) is 8.54. The van der Waals surface area contributed by atoms with E-state index in [0.717, 1.165) is 18.4 Å². The van der Waals surface area contributed by atoms with Gasteiger partial charge in [0, 0.05) is 0 Å². The molecule has 3 nitrogen and oxygen atoms in total. The molecule has 0 spiro atoms. The molecule has 1 aromatic carbocycles. The molecule has 1 aromatic rings. The van der Waals surface area contributed by atoms with Crippen molar-refractivity contribution >= 4 is 47.9 Å². The van der Waals surface area contributed by atoms with E-state index < -0.39 is 10.1 Å². The predicted molar refractivity (Wildman–Crippen MR) is 85.9 cm³/mol. The maximum atomic E-state index is 10.9. The summed E-state index contributed by atoms with van der Waals surface area (Å²) in [6.07, 6.45) is 9.87. The second-order valence-electron chi connectivity index (χ2n) is 4.99. The van der Waals surface area contributed by atoms with E-state index in [0.29, 0.717) is 0 Å². The van der Waals surface area contributed by atoms with Crippen LogP contribution >= 0.6 is 0 Å². The number of aryl methyl sites for hydroxylation is 1. The van der Waals surface area contributed by atoms with E-state index in [1.54, 1.807) is 12.1 Å². The Bertz CT molecular complexity index is 464. The molecule has 112 valence electrons. The average molecular weight is 327 g/mol. The molecule has 0 bridgehead atoms. The molecule has 1 rings (SSSR count). The molecule has 0 amide bonds. The molecular weight excluding hydrogens is 300 g/mol. The normalized spacial score (nSPS) is 11.1. The summed E-state index contributed by atoms with van der Waals surface area (Å²) in [5.41, 5.74) is 1.13. The van der Waals surface area contributed by atoms with Gasteiger partial charge in [-0.25, -0.2) is 0 Å². The number of rotatable bonds is 9. The van der Waals surface area contributed by atoms with Gasteiger partial charge in [-0.2, -0.15) is 8.42 Å². The third kappa shape index (κ3) is 8.63. The number of hydrogen-bond acceptors (Lipinski definition) is 2. The molecule has 0 aromatic heterocycles. The summed E-state index contributed by atoms with van der Waals surface area (Å²) in [4.78, 5) is -0.0317. The van der Waals surface area contributed by atoms with Gasteiger partial charge in [0.2, 0.25) is 0 Å². The van der Waals surface area contributed by atoms with Crippen LogP contribution in [0.25, 0.3) is 0 Å². The van der Waals surface area contributed by atoms with Gasteiger partial charge in [-0.15, -0.1) is 0 Å². The minimum Gasteiger partial charge on any atom is -1.00 e. The molecule has 0 radical (unpaired) electrons. The van der Waals surface area contributed by atoms with Crippen LogP contribution in [0, 0.1) is 0 Å². The molecular formula is C15H26CaO3S. The summed E-state index contributed by atoms with van der Waals surface area (Å²) in [5.74, 6) is 0. The van der Waals surface area contributed by atoms with Crippen molar-refractivity contribution < 1.29 is 15.8 Å². The molecule has 0 aliphatic heterocycles. The average Bonchev–Trinajstić information content (AvgIpc) is 2.37. The van der Waals surface area contributed by atoms with Crippen molar-refractivity contribution in [1.82, 2.24) is 0 Å². The summed E-state index contributed by atoms with van der Waals surface area (Å²) < 4.78 is 30.6. The topological polar surface area (TPSA) is 54.4 Å². The molecule has 5 heteroatoms. The maximum absolute atomic E-state index is 10.9. The zero-order chi connectivity index (χ0) is 14.1. The van der Waals surface area contributed by atoms with Gasteiger partial charge >= 0.3 is 37.7 Å². The smallest absolute Gasteiger partial charge is 1.00 e. The van der Waals surface area contributed by atoms with Crippen LogP contribution in [0.1, 0.15) is 60.3 Å². The number of hydrogen-bond donors (Lipinski definition) is 1. The summed E-state index contributed by atoms with van der Waals surface area (Å²) in [7, 11) is -4.06. The molecule has 0 aliphatic carbocycles. The van der Waals surface area contributed by atoms with Crippen molar-refractivity contribution in [2.45, 2.75) is 63.2 Å². The first-order valence-electron chi connectivity index (χ1n) is 7.10. The minimum atomic E-state index is -4.06. The van der Waals surface area contributed by atoms with E-state index in [4.69, 9.17) is 4.55 Å². The Labute approximate surface area is 155 Å². The fourth-order valence-electron chi connectivity index (χ4n) is 2.11. The fourth-order valence-corrected chi connectivity index (χ4v) is 2.59. The zero-order valence-electron chi connectivity index (χ0n) is 14.3. The van der Waals surface area contributed by atoms with Gasteiger partial charge in [-0.3, -0.25) is 4.55 Å². The third-order valence-corrected chi connectivity index (χ3v) is 4.16. The summed E-state index contributed by atoms with van der Waals surface area (Å²) >= 11 is 0. The quantitative estimate of drug-likeness (QED) is 0.423. The van der Waals surface area contributed by atoms with Gasteiger partial charge in [-0.1, -0.05) is 57.6 Å². The van der Waals surface area contributed by atoms with Gasteiger partial charge in [0.25, 0.3) is 10.1 Å². The van der Waals surface area contributed by atoms with Gasteiger partial charge in [0.15, 0.2) is 0 Å². The molecule has 1 N–H and O–H groups in total. The van der Waals surface area contributed by atoms with Crippen molar-refractivity contribution in [3.63, 3.8) is 0 Å². The van der Waals surface area contributed by atoms with Gasteiger partial charge < -0.3 is 2.85 Å². The Kier molecular flexibility index (Phi) is 11.2. The van der Waals surface area contributed by atoms with E-state index in [1.807, 2.05) is 0 Å². The Morgan fingerprint density at radius 1 is 0.950 bits per heavy atom. The summed E-state index contributed by atoms with van der Waals surface area (Å²) in [5, 5.41) is 0. The predicted octanol–water partition coefficient (Wildman–Crippen LogP) is 4.07. The van der Waals surface area contributed by atoms with Gasteiger partial charge in [-0.05, 0) is 30.5 Å². The minimum absolute atomic E-state index is 0. The monoisotopic (exact) mass is 326 g/mol. The van der Waals surface area contributed by atoms with Crippen LogP contribution < -0.4 is 0 Å². The van der Waals surface area contributed by atoms with Gasteiger partial charge in [0.05, 0.1) is 4.90 Å². The van der Waals surface area contributed by atoms with Crippen LogP contribution in [0.5, 0.6) is 0 Å². The van der Waals surface area contributed by atoms with Crippen LogP contribution in [0.15, 0.2) is 29.2 Å². The molecule has 0 heterocycles. The Hall–Kier alpha value is 0.390. The van der Waals surface area contributed by atoms with Crippen molar-refractivity contribution in [1.29, 1.82) is 0 Å². The van der Waals surface area contributed by atoms with Gasteiger partial charge in [0.1, 0.15) is 0 Å². The van der Waals surface area contributed by atoms with Crippen molar-refractivity contribution in [2.24, 2.45) is 0 Å². The molecule has 0 atom stereocenters. The van der Waals surface area contributed by atoms with Crippen LogP contribution in [0.3, 0.4) is 0 Å². The van der Waals surface area contributed by atoms with E-state index in [-0.39, 0.29) is 45.5 Å². The van der Waals surface area contributed by atoms with E-state index in [1.165, 1.54) is 50.7 Å². The second-order valence-corrected chi connectivity index (χ2v) is 6.41. The molecule has 0 unspecified atom stereocenters. The summed E-state index contributed by atoms with van der Waals surface area (Å²) in [6, 6.07) is 6.48. The van der Waals surface area contributed by atoms with Crippen LogP contribution in [0.2, 0.25) is 0 Å². The largest absolute Gasteiger partial charge is 2.00 e. The van der Waals surface area contributed by atoms with Crippen LogP contribution in [0.4, 0.5) is 0 Å². The second kappa shape index (κ2) is 11.0. The van der Waals surface area contributed by atoms with Crippen molar-refractivity contribution in [3.8, 4) is 0 Å². The molecule has 0 saturated carbocycles. The number of unbranched alkanes of at least 4 members (excludes halogenated alkanes) is 6. The maximum Gasteiger partial charge on any atom is 2.00 e.